The maximum absolute atomic E-state index is 10.1. The summed E-state index contributed by atoms with van der Waals surface area (Å²) in [5.41, 5.74) is 6.17. The van der Waals surface area contributed by atoms with Crippen LogP contribution in [0.5, 0.6) is 0 Å². The fourth-order valence-corrected chi connectivity index (χ4v) is 1.09. The lowest BCUT2D eigenvalue weighted by molar-refractivity contribution is -0.481. The van der Waals surface area contributed by atoms with E-state index in [0.29, 0.717) is 10.7 Å². The van der Waals surface area contributed by atoms with Crippen LogP contribution in [-0.2, 0) is 0 Å². The number of nitrogens with two attached hydrogens (primary N) is 1. The molecule has 76 valence electrons. The molecule has 0 aliphatic carbocycles. The molecule has 0 saturated heterocycles. The highest BCUT2D eigenvalue weighted by atomic mass is 35.5. The van der Waals surface area contributed by atoms with E-state index in [1.54, 1.807) is 24.3 Å². The van der Waals surface area contributed by atoms with Crippen LogP contribution in [0.2, 0.25) is 5.02 Å². The molecule has 1 aromatic carbocycles. The van der Waals surface area contributed by atoms with Gasteiger partial charge in [0.2, 0.25) is 6.54 Å². The Labute approximate surface area is 86.0 Å². The fraction of sp³-hybridized carbons (Fsp3) is 0.250. The maximum atomic E-state index is 10.1. The minimum atomic E-state index is -0.689. The number of nitrogens with one attached hydrogen (secondary N) is 1. The topological polar surface area (TPSA) is 81.2 Å². The number of nitrogens with zero attached hydrogens (tertiary/aromatic N) is 1. The molecule has 0 amide bonds. The average Bonchev–Trinajstić information content (AvgIpc) is 2.07. The molecule has 1 atom stereocenters. The summed E-state index contributed by atoms with van der Waals surface area (Å²) in [5.74, 6) is 0. The molecule has 1 unspecified atom stereocenters. The van der Waals surface area contributed by atoms with Crippen LogP contribution in [0.25, 0.3) is 0 Å². The Morgan fingerprint density at radius 3 is 2.57 bits per heavy atom. The second-order valence-corrected chi connectivity index (χ2v) is 3.21. The van der Waals surface area contributed by atoms with Crippen LogP contribution in [0.4, 0.5) is 5.69 Å². The number of rotatable bonds is 4. The van der Waals surface area contributed by atoms with Gasteiger partial charge in [0.25, 0.3) is 0 Å². The van der Waals surface area contributed by atoms with Gasteiger partial charge >= 0.3 is 0 Å². The first-order valence-corrected chi connectivity index (χ1v) is 4.35. The zero-order valence-electron chi connectivity index (χ0n) is 7.31. The van der Waals surface area contributed by atoms with Crippen molar-refractivity contribution in [2.24, 2.45) is 5.73 Å². The largest absolute Gasteiger partial charge is 0.365 e. The summed E-state index contributed by atoms with van der Waals surface area (Å²) < 4.78 is 0. The van der Waals surface area contributed by atoms with Gasteiger partial charge in [0, 0.05) is 15.6 Å². The molecule has 0 spiro atoms. The lowest BCUT2D eigenvalue weighted by atomic mass is 10.3. The fourth-order valence-electron chi connectivity index (χ4n) is 0.966. The third-order valence-electron chi connectivity index (χ3n) is 1.54. The van der Waals surface area contributed by atoms with E-state index in [4.69, 9.17) is 17.3 Å². The van der Waals surface area contributed by atoms with E-state index in [1.807, 2.05) is 0 Å². The lowest BCUT2D eigenvalue weighted by Gasteiger charge is -2.10. The maximum Gasteiger partial charge on any atom is 0.236 e. The Kier molecular flexibility index (Phi) is 3.67. The zero-order chi connectivity index (χ0) is 10.6. The minimum absolute atomic E-state index is 0.317. The molecule has 1 aromatic rings. The van der Waals surface area contributed by atoms with Crippen LogP contribution in [0.1, 0.15) is 0 Å². The third-order valence-corrected chi connectivity index (χ3v) is 1.79. The number of nitro groups is 1. The van der Waals surface area contributed by atoms with Crippen molar-refractivity contribution in [2.75, 3.05) is 11.9 Å². The van der Waals surface area contributed by atoms with E-state index in [0.717, 1.165) is 0 Å². The smallest absolute Gasteiger partial charge is 0.236 e. The molecule has 3 N–H and O–H groups in total. The third kappa shape index (κ3) is 3.59. The number of hydrogen-bond donors (Lipinski definition) is 2. The van der Waals surface area contributed by atoms with E-state index in [-0.39, 0.29) is 6.54 Å². The molecular weight excluding hydrogens is 206 g/mol. The van der Waals surface area contributed by atoms with Gasteiger partial charge in [-0.1, -0.05) is 11.6 Å². The molecule has 0 aliphatic heterocycles. The van der Waals surface area contributed by atoms with Crippen LogP contribution < -0.4 is 11.1 Å². The highest BCUT2D eigenvalue weighted by Crippen LogP contribution is 2.13. The second kappa shape index (κ2) is 4.78. The lowest BCUT2D eigenvalue weighted by Crippen LogP contribution is -2.36. The van der Waals surface area contributed by atoms with E-state index in [9.17, 15) is 10.1 Å². The molecule has 0 aromatic heterocycles. The van der Waals surface area contributed by atoms with Crippen LogP contribution in [0.3, 0.4) is 0 Å². The number of hydrogen-bond acceptors (Lipinski definition) is 4. The molecule has 0 bridgehead atoms. The van der Waals surface area contributed by atoms with Gasteiger partial charge in [-0.2, -0.15) is 0 Å². The molecular formula is C8H10ClN3O2. The molecule has 0 aliphatic rings. The molecule has 5 nitrogen and oxygen atoms in total. The van der Waals surface area contributed by atoms with Crippen molar-refractivity contribution in [2.45, 2.75) is 6.17 Å². The van der Waals surface area contributed by atoms with Crippen molar-refractivity contribution in [3.8, 4) is 0 Å². The molecule has 1 rings (SSSR count). The van der Waals surface area contributed by atoms with Gasteiger partial charge in [0.15, 0.2) is 0 Å². The Morgan fingerprint density at radius 1 is 1.50 bits per heavy atom. The summed E-state index contributed by atoms with van der Waals surface area (Å²) in [6.45, 7) is -0.317. The predicted octanol–water partition coefficient (Wildman–Crippen LogP) is 1.31. The van der Waals surface area contributed by atoms with E-state index >= 15 is 0 Å². The molecule has 0 heterocycles. The summed E-state index contributed by atoms with van der Waals surface area (Å²) in [6.07, 6.45) is -0.689. The normalized spacial score (nSPS) is 12.1. The van der Waals surface area contributed by atoms with Crippen molar-refractivity contribution < 1.29 is 4.92 Å². The van der Waals surface area contributed by atoms with Crippen molar-refractivity contribution in [1.82, 2.24) is 0 Å². The molecule has 6 heteroatoms. The Balaban J connectivity index is 2.51. The van der Waals surface area contributed by atoms with Gasteiger partial charge in [-0.15, -0.1) is 0 Å². The summed E-state index contributed by atoms with van der Waals surface area (Å²) in [4.78, 5) is 9.65. The summed E-state index contributed by atoms with van der Waals surface area (Å²) in [6, 6.07) is 6.79. The van der Waals surface area contributed by atoms with Gasteiger partial charge in [-0.05, 0) is 24.3 Å². The molecule has 14 heavy (non-hydrogen) atoms. The predicted molar refractivity (Wildman–Crippen MR) is 54.9 cm³/mol. The average molecular weight is 216 g/mol. The van der Waals surface area contributed by atoms with E-state index in [1.165, 1.54) is 0 Å². The number of benzene rings is 1. The number of halogens is 1. The van der Waals surface area contributed by atoms with Crippen molar-refractivity contribution in [1.29, 1.82) is 0 Å². The van der Waals surface area contributed by atoms with Crippen LogP contribution in [0.15, 0.2) is 24.3 Å². The summed E-state index contributed by atoms with van der Waals surface area (Å²) >= 11 is 5.67. The Hall–Kier alpha value is -1.33. The van der Waals surface area contributed by atoms with Crippen LogP contribution >= 0.6 is 11.6 Å². The highest BCUT2D eigenvalue weighted by Gasteiger charge is 2.08. The highest BCUT2D eigenvalue weighted by molar-refractivity contribution is 6.30. The molecule has 0 saturated carbocycles. The second-order valence-electron chi connectivity index (χ2n) is 2.77. The SMILES string of the molecule is NC(C[N+](=O)[O-])Nc1ccc(Cl)cc1. The van der Waals surface area contributed by atoms with Crippen molar-refractivity contribution in [3.05, 3.63) is 39.4 Å². The van der Waals surface area contributed by atoms with Crippen molar-refractivity contribution >= 4 is 17.3 Å². The summed E-state index contributed by atoms with van der Waals surface area (Å²) in [7, 11) is 0. The van der Waals surface area contributed by atoms with Crippen molar-refractivity contribution in [3.63, 3.8) is 0 Å². The van der Waals surface area contributed by atoms with Crippen LogP contribution in [0, 0.1) is 10.1 Å². The minimum Gasteiger partial charge on any atom is -0.365 e. The van der Waals surface area contributed by atoms with Gasteiger partial charge < -0.3 is 11.1 Å². The molecule has 0 radical (unpaired) electrons. The number of anilines is 1. The van der Waals surface area contributed by atoms with Gasteiger partial charge in [-0.25, -0.2) is 0 Å². The van der Waals surface area contributed by atoms with Gasteiger partial charge in [-0.3, -0.25) is 10.1 Å². The van der Waals surface area contributed by atoms with Crippen LogP contribution in [-0.4, -0.2) is 17.6 Å². The first-order valence-electron chi connectivity index (χ1n) is 3.97. The first-order chi connectivity index (χ1) is 6.58. The van der Waals surface area contributed by atoms with E-state index in [2.05, 4.69) is 5.32 Å². The Morgan fingerprint density at radius 2 is 2.07 bits per heavy atom. The Bertz CT molecular complexity index is 315. The zero-order valence-corrected chi connectivity index (χ0v) is 8.07. The van der Waals surface area contributed by atoms with E-state index < -0.39 is 11.1 Å². The molecule has 0 fully saturated rings. The summed E-state index contributed by atoms with van der Waals surface area (Å²) in [5, 5.41) is 13.5. The quantitative estimate of drug-likeness (QED) is 0.451. The monoisotopic (exact) mass is 215 g/mol. The van der Waals surface area contributed by atoms with Gasteiger partial charge in [0.1, 0.15) is 6.17 Å². The first kappa shape index (κ1) is 10.7. The standard InChI is InChI=1S/C8H10ClN3O2/c9-6-1-3-7(4-2-6)11-8(10)5-12(13)14/h1-4,8,11H,5,10H2. The van der Waals surface area contributed by atoms with Gasteiger partial charge in [0.05, 0.1) is 0 Å².